The molecule has 2 aromatic carbocycles. The minimum Gasteiger partial charge on any atom is -0.493 e. The van der Waals surface area contributed by atoms with Crippen LogP contribution < -0.4 is 15.4 Å². The number of rotatable bonds is 13. The Morgan fingerprint density at radius 3 is 2.45 bits per heavy atom. The van der Waals surface area contributed by atoms with Crippen molar-refractivity contribution in [1.82, 2.24) is 20.8 Å². The van der Waals surface area contributed by atoms with Crippen LogP contribution in [0.1, 0.15) is 62.4 Å². The van der Waals surface area contributed by atoms with Crippen molar-refractivity contribution < 1.29 is 9.53 Å². The maximum atomic E-state index is 13.0. The van der Waals surface area contributed by atoms with E-state index in [0.29, 0.717) is 25.6 Å². The van der Waals surface area contributed by atoms with Crippen LogP contribution in [-0.2, 0) is 11.3 Å². The number of nitrogens with one attached hydrogen (secondary N) is 3. The van der Waals surface area contributed by atoms with Gasteiger partial charge in [-0.05, 0) is 48.6 Å². The van der Waals surface area contributed by atoms with Crippen molar-refractivity contribution in [3.8, 4) is 5.75 Å². The Balaban J connectivity index is 1.65. The van der Waals surface area contributed by atoms with Gasteiger partial charge in [0, 0.05) is 25.0 Å². The highest BCUT2D eigenvalue weighted by molar-refractivity contribution is 5.83. The van der Waals surface area contributed by atoms with Gasteiger partial charge in [-0.1, -0.05) is 62.7 Å². The van der Waals surface area contributed by atoms with Crippen LogP contribution in [0.25, 0.3) is 0 Å². The van der Waals surface area contributed by atoms with Crippen LogP contribution in [-0.4, -0.2) is 29.3 Å². The number of amides is 1. The monoisotopic (exact) mass is 448 g/mol. The summed E-state index contributed by atoms with van der Waals surface area (Å²) in [5, 5.41) is 13.6. The number of carbonyl (C=O) groups is 1. The number of aromatic nitrogens is 2. The largest absolute Gasteiger partial charge is 0.493 e. The fourth-order valence-electron chi connectivity index (χ4n) is 3.79. The van der Waals surface area contributed by atoms with Gasteiger partial charge in [0.05, 0.1) is 18.6 Å². The maximum absolute atomic E-state index is 13.0. The van der Waals surface area contributed by atoms with E-state index in [1.54, 1.807) is 6.20 Å². The number of aromatic amines is 1. The number of carbonyl (C=O) groups excluding carboxylic acids is 1. The summed E-state index contributed by atoms with van der Waals surface area (Å²) in [6.07, 6.45) is 4.06. The van der Waals surface area contributed by atoms with Crippen molar-refractivity contribution in [2.75, 3.05) is 13.2 Å². The lowest BCUT2D eigenvalue weighted by Gasteiger charge is -2.23. The molecular formula is C27H36N4O2. The molecule has 1 heterocycles. The van der Waals surface area contributed by atoms with E-state index < -0.39 is 0 Å². The van der Waals surface area contributed by atoms with Crippen LogP contribution in [0.3, 0.4) is 0 Å². The normalized spacial score (nSPS) is 13.8. The number of ether oxygens (including phenoxy) is 1. The first-order valence-electron chi connectivity index (χ1n) is 11.8. The molecule has 0 bridgehead atoms. The Labute approximate surface area is 197 Å². The minimum atomic E-state index is -0.232. The van der Waals surface area contributed by atoms with Gasteiger partial charge in [-0.3, -0.25) is 9.89 Å². The van der Waals surface area contributed by atoms with Crippen molar-refractivity contribution in [3.05, 3.63) is 83.7 Å². The molecule has 6 heteroatoms. The van der Waals surface area contributed by atoms with E-state index >= 15 is 0 Å². The second-order valence-corrected chi connectivity index (χ2v) is 8.68. The van der Waals surface area contributed by atoms with Crippen LogP contribution >= 0.6 is 0 Å². The lowest BCUT2D eigenvalue weighted by atomic mass is 9.99. The Hall–Kier alpha value is -3.12. The Kier molecular flexibility index (Phi) is 9.51. The third kappa shape index (κ3) is 7.75. The van der Waals surface area contributed by atoms with E-state index in [4.69, 9.17) is 4.74 Å². The highest BCUT2D eigenvalue weighted by Gasteiger charge is 2.20. The SMILES string of the molecule is CCCC(C)COc1ccc([C@H](CNCc2ccn[nH]2)NC(=O)C(C)c2ccccc2)cc1. The van der Waals surface area contributed by atoms with Crippen molar-refractivity contribution in [3.63, 3.8) is 0 Å². The predicted octanol–water partition coefficient (Wildman–Crippen LogP) is 4.98. The van der Waals surface area contributed by atoms with Gasteiger partial charge in [0.15, 0.2) is 0 Å². The number of H-pyrrole nitrogens is 1. The highest BCUT2D eigenvalue weighted by Crippen LogP contribution is 2.21. The molecule has 0 spiro atoms. The molecule has 0 fully saturated rings. The van der Waals surface area contributed by atoms with Gasteiger partial charge in [-0.2, -0.15) is 5.10 Å². The van der Waals surface area contributed by atoms with Crippen molar-refractivity contribution in [1.29, 1.82) is 0 Å². The van der Waals surface area contributed by atoms with E-state index in [9.17, 15) is 4.79 Å². The van der Waals surface area contributed by atoms with E-state index in [2.05, 4.69) is 34.7 Å². The zero-order valence-corrected chi connectivity index (χ0v) is 19.9. The van der Waals surface area contributed by atoms with E-state index in [1.807, 2.05) is 67.6 Å². The number of benzene rings is 2. The molecule has 0 radical (unpaired) electrons. The first-order chi connectivity index (χ1) is 16.1. The molecular weight excluding hydrogens is 412 g/mol. The van der Waals surface area contributed by atoms with Crippen molar-refractivity contribution >= 4 is 5.91 Å². The molecule has 0 saturated carbocycles. The average Bonchev–Trinajstić information content (AvgIpc) is 3.36. The molecule has 3 atom stereocenters. The highest BCUT2D eigenvalue weighted by atomic mass is 16.5. The quantitative estimate of drug-likeness (QED) is 0.345. The maximum Gasteiger partial charge on any atom is 0.227 e. The molecule has 1 amide bonds. The van der Waals surface area contributed by atoms with Gasteiger partial charge in [0.2, 0.25) is 5.91 Å². The van der Waals surface area contributed by atoms with Crippen molar-refractivity contribution in [2.45, 2.75) is 52.1 Å². The standard InChI is InChI=1S/C27H36N4O2/c1-4-8-20(2)19-33-25-13-11-23(12-14-25)26(18-28-17-24-15-16-29-31-24)30-27(32)21(3)22-9-6-5-7-10-22/h5-7,9-16,20-21,26,28H,4,8,17-19H2,1-3H3,(H,29,31)(H,30,32)/t20?,21?,26-/m0/s1. The summed E-state index contributed by atoms with van der Waals surface area (Å²) in [6.45, 7) is 8.31. The van der Waals surface area contributed by atoms with Crippen LogP contribution in [0.5, 0.6) is 5.75 Å². The minimum absolute atomic E-state index is 0.00302. The first kappa shape index (κ1) is 24.5. The lowest BCUT2D eigenvalue weighted by Crippen LogP contribution is -2.37. The van der Waals surface area contributed by atoms with Gasteiger partial charge in [0.1, 0.15) is 5.75 Å². The summed E-state index contributed by atoms with van der Waals surface area (Å²) >= 11 is 0. The molecule has 3 N–H and O–H groups in total. The number of hydrogen-bond donors (Lipinski definition) is 3. The van der Waals surface area contributed by atoms with Crippen LogP contribution in [0.2, 0.25) is 0 Å². The number of nitrogens with zero attached hydrogens (tertiary/aromatic N) is 1. The Morgan fingerprint density at radius 2 is 1.79 bits per heavy atom. The molecule has 2 unspecified atom stereocenters. The van der Waals surface area contributed by atoms with Gasteiger partial charge in [-0.15, -0.1) is 0 Å². The van der Waals surface area contributed by atoms with E-state index in [0.717, 1.165) is 35.4 Å². The van der Waals surface area contributed by atoms with E-state index in [-0.39, 0.29) is 17.9 Å². The second kappa shape index (κ2) is 12.8. The molecule has 1 aromatic heterocycles. The first-order valence-corrected chi connectivity index (χ1v) is 11.8. The summed E-state index contributed by atoms with van der Waals surface area (Å²) in [6, 6.07) is 19.7. The Morgan fingerprint density at radius 1 is 1.03 bits per heavy atom. The molecule has 3 aromatic rings. The zero-order chi connectivity index (χ0) is 23.5. The molecule has 0 aliphatic carbocycles. The number of hydrogen-bond acceptors (Lipinski definition) is 4. The lowest BCUT2D eigenvalue weighted by molar-refractivity contribution is -0.123. The summed E-state index contributed by atoms with van der Waals surface area (Å²) in [5.74, 6) is 1.16. The second-order valence-electron chi connectivity index (χ2n) is 8.68. The van der Waals surface area contributed by atoms with Crippen molar-refractivity contribution in [2.24, 2.45) is 5.92 Å². The molecule has 0 aliphatic heterocycles. The van der Waals surface area contributed by atoms with Gasteiger partial charge >= 0.3 is 0 Å². The molecule has 3 rings (SSSR count). The fourth-order valence-corrected chi connectivity index (χ4v) is 3.79. The van der Waals surface area contributed by atoms with Crippen LogP contribution in [0.15, 0.2) is 66.9 Å². The van der Waals surface area contributed by atoms with E-state index in [1.165, 1.54) is 0 Å². The van der Waals surface area contributed by atoms with Gasteiger partial charge in [-0.25, -0.2) is 0 Å². The fraction of sp³-hybridized carbons (Fsp3) is 0.407. The average molecular weight is 449 g/mol. The third-order valence-electron chi connectivity index (χ3n) is 5.83. The molecule has 0 saturated heterocycles. The summed E-state index contributed by atoms with van der Waals surface area (Å²) in [5.41, 5.74) is 3.04. The van der Waals surface area contributed by atoms with Gasteiger partial charge < -0.3 is 15.4 Å². The van der Waals surface area contributed by atoms with Gasteiger partial charge in [0.25, 0.3) is 0 Å². The molecule has 6 nitrogen and oxygen atoms in total. The molecule has 33 heavy (non-hydrogen) atoms. The zero-order valence-electron chi connectivity index (χ0n) is 19.9. The smallest absolute Gasteiger partial charge is 0.227 e. The predicted molar refractivity (Wildman–Crippen MR) is 132 cm³/mol. The van der Waals surface area contributed by atoms with Crippen LogP contribution in [0, 0.1) is 5.92 Å². The van der Waals surface area contributed by atoms with Crippen LogP contribution in [0.4, 0.5) is 0 Å². The topological polar surface area (TPSA) is 79.0 Å². The Bertz CT molecular complexity index is 942. The third-order valence-corrected chi connectivity index (χ3v) is 5.83. The summed E-state index contributed by atoms with van der Waals surface area (Å²) < 4.78 is 5.95. The molecule has 0 aliphatic rings. The molecule has 176 valence electrons. The summed E-state index contributed by atoms with van der Waals surface area (Å²) in [4.78, 5) is 13.0. The summed E-state index contributed by atoms with van der Waals surface area (Å²) in [7, 11) is 0.